The SMILES string of the molecule is COc1ccc(NC(=O)N[C@H](CCSC)c2nnc3ccccn23)cc1. The third-order valence-corrected chi connectivity index (χ3v) is 4.56. The molecule has 0 radical (unpaired) electrons. The van der Waals surface area contributed by atoms with Crippen molar-refractivity contribution >= 4 is 29.1 Å². The van der Waals surface area contributed by atoms with Crippen molar-refractivity contribution in [2.75, 3.05) is 24.4 Å². The first-order valence-corrected chi connectivity index (χ1v) is 9.61. The maximum atomic E-state index is 12.5. The molecular formula is C18H21N5O2S. The quantitative estimate of drug-likeness (QED) is 0.666. The van der Waals surface area contributed by atoms with E-state index in [0.29, 0.717) is 5.69 Å². The summed E-state index contributed by atoms with van der Waals surface area (Å²) in [5.74, 6) is 2.36. The van der Waals surface area contributed by atoms with E-state index in [1.165, 1.54) is 0 Å². The summed E-state index contributed by atoms with van der Waals surface area (Å²) in [7, 11) is 1.61. The molecule has 0 aliphatic carbocycles. The lowest BCUT2D eigenvalue weighted by atomic mass is 10.2. The van der Waals surface area contributed by atoms with Crippen LogP contribution in [-0.2, 0) is 0 Å². The van der Waals surface area contributed by atoms with Gasteiger partial charge in [0.05, 0.1) is 13.2 Å². The lowest BCUT2D eigenvalue weighted by Gasteiger charge is -2.17. The van der Waals surface area contributed by atoms with Crippen LogP contribution in [0, 0.1) is 0 Å². The molecule has 0 bridgehead atoms. The molecule has 2 amide bonds. The number of urea groups is 1. The molecule has 2 heterocycles. The summed E-state index contributed by atoms with van der Waals surface area (Å²) in [6, 6.07) is 12.4. The molecule has 2 aromatic heterocycles. The van der Waals surface area contributed by atoms with E-state index < -0.39 is 0 Å². The average molecular weight is 371 g/mol. The van der Waals surface area contributed by atoms with Gasteiger partial charge in [-0.2, -0.15) is 11.8 Å². The summed E-state index contributed by atoms with van der Waals surface area (Å²) >= 11 is 1.72. The van der Waals surface area contributed by atoms with E-state index in [2.05, 4.69) is 20.8 Å². The van der Waals surface area contributed by atoms with Gasteiger partial charge in [0.15, 0.2) is 11.5 Å². The monoisotopic (exact) mass is 371 g/mol. The van der Waals surface area contributed by atoms with Gasteiger partial charge in [-0.1, -0.05) is 6.07 Å². The van der Waals surface area contributed by atoms with E-state index in [-0.39, 0.29) is 12.1 Å². The molecule has 136 valence electrons. The fraction of sp³-hybridized carbons (Fsp3) is 0.278. The highest BCUT2D eigenvalue weighted by molar-refractivity contribution is 7.98. The highest BCUT2D eigenvalue weighted by Gasteiger charge is 2.20. The van der Waals surface area contributed by atoms with Gasteiger partial charge in [-0.25, -0.2) is 4.79 Å². The average Bonchev–Trinajstić information content (AvgIpc) is 3.10. The fourth-order valence-electron chi connectivity index (χ4n) is 2.60. The molecular weight excluding hydrogens is 350 g/mol. The molecule has 3 rings (SSSR count). The minimum absolute atomic E-state index is 0.238. The molecule has 0 aliphatic heterocycles. The fourth-order valence-corrected chi connectivity index (χ4v) is 3.07. The van der Waals surface area contributed by atoms with E-state index in [1.54, 1.807) is 43.1 Å². The highest BCUT2D eigenvalue weighted by atomic mass is 32.2. The molecule has 26 heavy (non-hydrogen) atoms. The van der Waals surface area contributed by atoms with Gasteiger partial charge in [0, 0.05) is 11.9 Å². The Bertz CT molecular complexity index is 865. The van der Waals surface area contributed by atoms with Crippen LogP contribution < -0.4 is 15.4 Å². The molecule has 2 N–H and O–H groups in total. The number of aromatic nitrogens is 3. The first-order chi connectivity index (χ1) is 12.7. The number of anilines is 1. The molecule has 8 heteroatoms. The van der Waals surface area contributed by atoms with Gasteiger partial charge in [-0.15, -0.1) is 10.2 Å². The van der Waals surface area contributed by atoms with Gasteiger partial charge in [0.2, 0.25) is 0 Å². The summed E-state index contributed by atoms with van der Waals surface area (Å²) < 4.78 is 7.03. The van der Waals surface area contributed by atoms with E-state index in [4.69, 9.17) is 4.74 Å². The predicted molar refractivity (Wildman–Crippen MR) is 104 cm³/mol. The number of carbonyl (C=O) groups excluding carboxylic acids is 1. The van der Waals surface area contributed by atoms with Crippen LogP contribution in [0.4, 0.5) is 10.5 Å². The summed E-state index contributed by atoms with van der Waals surface area (Å²) in [5, 5.41) is 14.3. The van der Waals surface area contributed by atoms with Crippen LogP contribution in [-0.4, -0.2) is 39.7 Å². The second-order valence-corrected chi connectivity index (χ2v) is 6.63. The normalized spacial score (nSPS) is 11.9. The Morgan fingerprint density at radius 3 is 2.77 bits per heavy atom. The number of fused-ring (bicyclic) bond motifs is 1. The number of pyridine rings is 1. The van der Waals surface area contributed by atoms with Crippen molar-refractivity contribution in [3.05, 3.63) is 54.5 Å². The van der Waals surface area contributed by atoms with Gasteiger partial charge in [0.1, 0.15) is 5.75 Å². The van der Waals surface area contributed by atoms with Crippen LogP contribution in [0.3, 0.4) is 0 Å². The maximum absolute atomic E-state index is 12.5. The number of ether oxygens (including phenoxy) is 1. The number of thioether (sulfide) groups is 1. The largest absolute Gasteiger partial charge is 0.497 e. The minimum atomic E-state index is -0.283. The molecule has 0 saturated carbocycles. The van der Waals surface area contributed by atoms with Crippen LogP contribution >= 0.6 is 11.8 Å². The number of rotatable bonds is 7. The van der Waals surface area contributed by atoms with E-state index in [0.717, 1.165) is 29.4 Å². The Balaban J connectivity index is 1.74. The summed E-state index contributed by atoms with van der Waals surface area (Å²) in [6.45, 7) is 0. The van der Waals surface area contributed by atoms with Crippen molar-refractivity contribution in [1.82, 2.24) is 19.9 Å². The van der Waals surface area contributed by atoms with Crippen molar-refractivity contribution in [2.45, 2.75) is 12.5 Å². The number of hydrogen-bond acceptors (Lipinski definition) is 5. The number of nitrogens with zero attached hydrogens (tertiary/aromatic N) is 3. The Morgan fingerprint density at radius 1 is 1.23 bits per heavy atom. The third kappa shape index (κ3) is 4.26. The second-order valence-electron chi connectivity index (χ2n) is 5.65. The molecule has 0 aliphatic rings. The topological polar surface area (TPSA) is 80.5 Å². The maximum Gasteiger partial charge on any atom is 0.319 e. The van der Waals surface area contributed by atoms with Crippen LogP contribution in [0.2, 0.25) is 0 Å². The van der Waals surface area contributed by atoms with Gasteiger partial charge >= 0.3 is 6.03 Å². The van der Waals surface area contributed by atoms with E-state index >= 15 is 0 Å². The smallest absolute Gasteiger partial charge is 0.319 e. The van der Waals surface area contributed by atoms with Crippen LogP contribution in [0.25, 0.3) is 5.65 Å². The molecule has 0 saturated heterocycles. The number of methoxy groups -OCH3 is 1. The zero-order chi connectivity index (χ0) is 18.4. The lowest BCUT2D eigenvalue weighted by molar-refractivity contribution is 0.247. The van der Waals surface area contributed by atoms with Crippen molar-refractivity contribution in [1.29, 1.82) is 0 Å². The van der Waals surface area contributed by atoms with Crippen molar-refractivity contribution in [3.63, 3.8) is 0 Å². The first kappa shape index (κ1) is 18.1. The highest BCUT2D eigenvalue weighted by Crippen LogP contribution is 2.19. The van der Waals surface area contributed by atoms with Gasteiger partial charge in [-0.3, -0.25) is 4.40 Å². The second kappa shape index (κ2) is 8.57. The summed E-state index contributed by atoms with van der Waals surface area (Å²) in [6.07, 6.45) is 4.70. The minimum Gasteiger partial charge on any atom is -0.497 e. The number of carbonyl (C=O) groups is 1. The molecule has 0 spiro atoms. The Kier molecular flexibility index (Phi) is 5.96. The lowest BCUT2D eigenvalue weighted by Crippen LogP contribution is -2.34. The van der Waals surface area contributed by atoms with Crippen LogP contribution in [0.1, 0.15) is 18.3 Å². The standard InChI is InChI=1S/C18H21N5O2S/c1-25-14-8-6-13(7-9-14)19-18(24)20-15(10-12-26-2)17-22-21-16-5-3-4-11-23(16)17/h3-9,11,15H,10,12H2,1-2H3,(H2,19,20,24)/t15-/m1/s1. The van der Waals surface area contributed by atoms with Crippen LogP contribution in [0.5, 0.6) is 5.75 Å². The molecule has 7 nitrogen and oxygen atoms in total. The van der Waals surface area contributed by atoms with Gasteiger partial charge < -0.3 is 15.4 Å². The first-order valence-electron chi connectivity index (χ1n) is 8.21. The zero-order valence-corrected chi connectivity index (χ0v) is 15.5. The van der Waals surface area contributed by atoms with Crippen molar-refractivity contribution in [3.8, 4) is 5.75 Å². The number of amides is 2. The van der Waals surface area contributed by atoms with Crippen molar-refractivity contribution < 1.29 is 9.53 Å². The third-order valence-electron chi connectivity index (χ3n) is 3.92. The molecule has 0 fully saturated rings. The summed E-state index contributed by atoms with van der Waals surface area (Å²) in [4.78, 5) is 12.5. The number of benzene rings is 1. The van der Waals surface area contributed by atoms with E-state index in [9.17, 15) is 4.79 Å². The molecule has 3 aromatic rings. The molecule has 1 aromatic carbocycles. The number of hydrogen-bond donors (Lipinski definition) is 2. The Morgan fingerprint density at radius 2 is 2.04 bits per heavy atom. The molecule has 1 atom stereocenters. The van der Waals surface area contributed by atoms with Crippen LogP contribution in [0.15, 0.2) is 48.7 Å². The Hall–Kier alpha value is -2.74. The summed E-state index contributed by atoms with van der Waals surface area (Å²) in [5.41, 5.74) is 1.45. The Labute approximate surface area is 156 Å². The van der Waals surface area contributed by atoms with Gasteiger partial charge in [-0.05, 0) is 54.8 Å². The zero-order valence-electron chi connectivity index (χ0n) is 14.7. The molecule has 0 unspecified atom stereocenters. The predicted octanol–water partition coefficient (Wildman–Crippen LogP) is 3.35. The van der Waals surface area contributed by atoms with Gasteiger partial charge in [0.25, 0.3) is 0 Å². The number of nitrogens with one attached hydrogen (secondary N) is 2. The van der Waals surface area contributed by atoms with Crippen molar-refractivity contribution in [2.24, 2.45) is 0 Å². The van der Waals surface area contributed by atoms with E-state index in [1.807, 2.05) is 35.1 Å².